The average molecular weight is 370 g/mol. The van der Waals surface area contributed by atoms with Crippen molar-refractivity contribution in [2.45, 2.75) is 24.7 Å². The third-order valence-electron chi connectivity index (χ3n) is 4.30. The van der Waals surface area contributed by atoms with Crippen LogP contribution in [0.1, 0.15) is 19.8 Å². The van der Waals surface area contributed by atoms with Crippen LogP contribution in [-0.2, 0) is 10.0 Å². The largest absolute Gasteiger partial charge is 0.378 e. The third kappa shape index (κ3) is 4.90. The average Bonchev–Trinajstić information content (AvgIpc) is 2.54. The van der Waals surface area contributed by atoms with Crippen LogP contribution in [0.2, 0.25) is 0 Å². The van der Waals surface area contributed by atoms with Gasteiger partial charge in [-0.3, -0.25) is 10.1 Å². The van der Waals surface area contributed by atoms with Crippen molar-refractivity contribution < 1.29 is 13.3 Å². The Labute approximate surface area is 149 Å². The first kappa shape index (κ1) is 19.6. The number of anilines is 1. The van der Waals surface area contributed by atoms with Crippen molar-refractivity contribution >= 4 is 21.4 Å². The summed E-state index contributed by atoms with van der Waals surface area (Å²) in [4.78, 5) is 12.8. The van der Waals surface area contributed by atoms with Crippen molar-refractivity contribution in [3.63, 3.8) is 0 Å². The van der Waals surface area contributed by atoms with E-state index in [1.165, 1.54) is 16.4 Å². The molecule has 1 atom stereocenters. The number of nitro benzene ring substituents is 1. The van der Waals surface area contributed by atoms with Crippen molar-refractivity contribution in [1.82, 2.24) is 9.21 Å². The number of likely N-dealkylation sites (N-methyl/N-ethyl adjacent to an activating group) is 1. The van der Waals surface area contributed by atoms with Crippen LogP contribution in [-0.4, -0.2) is 62.8 Å². The third-order valence-corrected chi connectivity index (χ3v) is 6.16. The number of piperidine rings is 1. The lowest BCUT2D eigenvalue weighted by atomic mass is 10.0. The molecular weight excluding hydrogens is 344 g/mol. The highest BCUT2D eigenvalue weighted by molar-refractivity contribution is 7.89. The summed E-state index contributed by atoms with van der Waals surface area (Å²) in [6.45, 7) is 4.18. The first-order valence-corrected chi connectivity index (χ1v) is 9.83. The minimum Gasteiger partial charge on any atom is -0.378 e. The summed E-state index contributed by atoms with van der Waals surface area (Å²) in [5.74, 6) is 0.297. The molecule has 1 fully saturated rings. The molecule has 1 aromatic carbocycles. The fourth-order valence-electron chi connectivity index (χ4n) is 2.90. The first-order chi connectivity index (χ1) is 11.7. The molecule has 0 radical (unpaired) electrons. The van der Waals surface area contributed by atoms with Crippen molar-refractivity contribution in [3.05, 3.63) is 28.3 Å². The lowest BCUT2D eigenvalue weighted by Crippen LogP contribution is -2.39. The molecule has 1 aliphatic rings. The molecule has 1 N–H and O–H groups in total. The zero-order chi connectivity index (χ0) is 18.6. The Hall–Kier alpha value is -1.71. The molecule has 0 aliphatic carbocycles. The van der Waals surface area contributed by atoms with E-state index in [1.54, 1.807) is 0 Å². The van der Waals surface area contributed by atoms with Gasteiger partial charge in [0.2, 0.25) is 10.0 Å². The molecule has 0 aromatic heterocycles. The van der Waals surface area contributed by atoms with Gasteiger partial charge in [0.25, 0.3) is 5.69 Å². The van der Waals surface area contributed by atoms with Gasteiger partial charge in [-0.15, -0.1) is 0 Å². The zero-order valence-electron chi connectivity index (χ0n) is 14.9. The number of nitrogens with zero attached hydrogens (tertiary/aromatic N) is 3. The second kappa shape index (κ2) is 8.11. The monoisotopic (exact) mass is 370 g/mol. The Balaban J connectivity index is 2.26. The SMILES string of the molecule is C[C@H]1CCCN(S(=O)(=O)c2ccc(NCCN(C)C)c([N+](=O)[O-])c2)C1. The fraction of sp³-hybridized carbons (Fsp3) is 0.625. The maximum atomic E-state index is 12.8. The highest BCUT2D eigenvalue weighted by Gasteiger charge is 2.30. The van der Waals surface area contributed by atoms with Crippen molar-refractivity contribution in [3.8, 4) is 0 Å². The van der Waals surface area contributed by atoms with Crippen molar-refractivity contribution in [1.29, 1.82) is 0 Å². The van der Waals surface area contributed by atoms with E-state index in [-0.39, 0.29) is 10.6 Å². The van der Waals surface area contributed by atoms with Crippen LogP contribution in [0.15, 0.2) is 23.1 Å². The van der Waals surface area contributed by atoms with Crippen molar-refractivity contribution in [2.75, 3.05) is 45.6 Å². The molecule has 9 heteroatoms. The summed E-state index contributed by atoms with van der Waals surface area (Å²) >= 11 is 0. The topological polar surface area (TPSA) is 95.8 Å². The number of sulfonamides is 1. The smallest absolute Gasteiger partial charge is 0.293 e. The van der Waals surface area contributed by atoms with E-state index in [2.05, 4.69) is 5.32 Å². The Morgan fingerprint density at radius 2 is 2.12 bits per heavy atom. The predicted molar refractivity (Wildman–Crippen MR) is 97.3 cm³/mol. The highest BCUT2D eigenvalue weighted by Crippen LogP contribution is 2.30. The van der Waals surface area contributed by atoms with Crippen LogP contribution < -0.4 is 5.32 Å². The summed E-state index contributed by atoms with van der Waals surface area (Å²) in [6.07, 6.45) is 1.81. The van der Waals surface area contributed by atoms with Crippen LogP contribution in [0.25, 0.3) is 0 Å². The molecule has 1 heterocycles. The molecule has 0 bridgehead atoms. The molecule has 0 unspecified atom stereocenters. The normalized spacial score (nSPS) is 19.1. The summed E-state index contributed by atoms with van der Waals surface area (Å²) < 4.78 is 27.0. The van der Waals surface area contributed by atoms with Crippen molar-refractivity contribution in [2.24, 2.45) is 5.92 Å². The van der Waals surface area contributed by atoms with Gasteiger partial charge in [-0.25, -0.2) is 8.42 Å². The van der Waals surface area contributed by atoms with Gasteiger partial charge in [0.15, 0.2) is 0 Å². The lowest BCUT2D eigenvalue weighted by molar-refractivity contribution is -0.384. The van der Waals surface area contributed by atoms with Crippen LogP contribution in [0.5, 0.6) is 0 Å². The number of hydrogen-bond donors (Lipinski definition) is 1. The van der Waals surface area contributed by atoms with Gasteiger partial charge < -0.3 is 10.2 Å². The second-order valence-corrected chi connectivity index (χ2v) is 8.71. The van der Waals surface area contributed by atoms with E-state index in [4.69, 9.17) is 0 Å². The second-order valence-electron chi connectivity index (χ2n) is 6.78. The van der Waals surface area contributed by atoms with E-state index in [9.17, 15) is 18.5 Å². The van der Waals surface area contributed by atoms with Crippen LogP contribution >= 0.6 is 0 Å². The molecule has 0 saturated carbocycles. The standard InChI is InChI=1S/C16H26N4O4S/c1-13-5-4-9-19(12-13)25(23,24)14-6-7-15(16(11-14)20(21)22)17-8-10-18(2)3/h6-7,11,13,17H,4-5,8-10,12H2,1-3H3/t13-/m0/s1. The van der Waals surface area contributed by atoms with E-state index in [0.29, 0.717) is 37.8 Å². The van der Waals surface area contributed by atoms with E-state index >= 15 is 0 Å². The van der Waals surface area contributed by atoms with Gasteiger partial charge in [-0.1, -0.05) is 6.92 Å². The van der Waals surface area contributed by atoms with Gasteiger partial charge in [-0.2, -0.15) is 4.31 Å². The number of rotatable bonds is 7. The molecular formula is C16H26N4O4S. The number of benzene rings is 1. The van der Waals surface area contributed by atoms with E-state index in [0.717, 1.165) is 18.9 Å². The number of hydrogen-bond acceptors (Lipinski definition) is 6. The molecule has 0 amide bonds. The van der Waals surface area contributed by atoms with Gasteiger partial charge in [-0.05, 0) is 45.0 Å². The Bertz CT molecular complexity index is 721. The maximum Gasteiger partial charge on any atom is 0.293 e. The molecule has 25 heavy (non-hydrogen) atoms. The van der Waals surface area contributed by atoms with Gasteiger partial charge >= 0.3 is 0 Å². The quantitative estimate of drug-likeness (QED) is 0.582. The Kier molecular flexibility index (Phi) is 6.36. The first-order valence-electron chi connectivity index (χ1n) is 8.39. The highest BCUT2D eigenvalue weighted by atomic mass is 32.2. The predicted octanol–water partition coefficient (Wildman–Crippen LogP) is 1.99. The lowest BCUT2D eigenvalue weighted by Gasteiger charge is -2.30. The van der Waals surface area contributed by atoms with E-state index < -0.39 is 14.9 Å². The molecule has 2 rings (SSSR count). The molecule has 8 nitrogen and oxygen atoms in total. The Morgan fingerprint density at radius 3 is 2.72 bits per heavy atom. The van der Waals surface area contributed by atoms with Gasteiger partial charge in [0.1, 0.15) is 5.69 Å². The minimum absolute atomic E-state index is 0.0218. The fourth-order valence-corrected chi connectivity index (χ4v) is 4.52. The Morgan fingerprint density at radius 1 is 1.40 bits per heavy atom. The molecule has 0 spiro atoms. The molecule has 140 valence electrons. The van der Waals surface area contributed by atoms with Crippen LogP contribution in [0.3, 0.4) is 0 Å². The van der Waals surface area contributed by atoms with E-state index in [1.807, 2.05) is 25.9 Å². The van der Waals surface area contributed by atoms with Crippen LogP contribution in [0.4, 0.5) is 11.4 Å². The van der Waals surface area contributed by atoms with Gasteiger partial charge in [0.05, 0.1) is 9.82 Å². The van der Waals surface area contributed by atoms with Crippen LogP contribution in [0, 0.1) is 16.0 Å². The minimum atomic E-state index is -3.71. The summed E-state index contributed by atoms with van der Waals surface area (Å²) in [7, 11) is 0.107. The molecule has 1 aromatic rings. The summed E-state index contributed by atoms with van der Waals surface area (Å²) in [5.41, 5.74) is 0.114. The molecule has 1 aliphatic heterocycles. The van der Waals surface area contributed by atoms with Gasteiger partial charge in [0, 0.05) is 32.2 Å². The number of nitrogens with one attached hydrogen (secondary N) is 1. The summed E-state index contributed by atoms with van der Waals surface area (Å²) in [6, 6.07) is 4.08. The number of nitro groups is 1. The zero-order valence-corrected chi connectivity index (χ0v) is 15.8. The molecule has 1 saturated heterocycles. The summed E-state index contributed by atoms with van der Waals surface area (Å²) in [5, 5.41) is 14.4. The maximum absolute atomic E-state index is 12.8.